The summed E-state index contributed by atoms with van der Waals surface area (Å²) in [4.78, 5) is 25.8. The summed E-state index contributed by atoms with van der Waals surface area (Å²) < 4.78 is 8.54. The van der Waals surface area contributed by atoms with Gasteiger partial charge in [-0.15, -0.1) is 0 Å². The zero-order valence-electron chi connectivity index (χ0n) is 10.4. The van der Waals surface area contributed by atoms with Crippen molar-refractivity contribution in [3.05, 3.63) is 36.7 Å². The Hall–Kier alpha value is -0.280. The average Bonchev–Trinajstić information content (AvgIpc) is 2.74. The predicted octanol–water partition coefficient (Wildman–Crippen LogP) is -0.683. The molecule has 1 aromatic rings. The van der Waals surface area contributed by atoms with Crippen molar-refractivity contribution < 1.29 is 20.1 Å². The number of aliphatic hydroxyl groups excluding tert-OH is 3. The van der Waals surface area contributed by atoms with E-state index in [9.17, 15) is 19.8 Å². The van der Waals surface area contributed by atoms with Gasteiger partial charge in [-0.05, 0) is 26.7 Å². The van der Waals surface area contributed by atoms with Gasteiger partial charge >= 0.3 is 5.69 Å². The second-order valence-corrected chi connectivity index (χ2v) is 6.18. The van der Waals surface area contributed by atoms with E-state index in [4.69, 9.17) is 9.84 Å². The van der Waals surface area contributed by atoms with Crippen molar-refractivity contribution in [2.75, 3.05) is 6.61 Å². The Bertz CT molecular complexity index is 669. The molecule has 0 unspecified atom stereocenters. The van der Waals surface area contributed by atoms with Crippen LogP contribution in [0.2, 0.25) is 0 Å². The van der Waals surface area contributed by atoms with Gasteiger partial charge in [-0.25, -0.2) is 4.79 Å². The molecule has 4 N–H and O–H groups in total. The number of ether oxygens (including phenoxy) is 1. The fourth-order valence-corrected chi connectivity index (χ4v) is 2.73. The van der Waals surface area contributed by atoms with Crippen LogP contribution >= 0.6 is 45.2 Å². The van der Waals surface area contributed by atoms with Gasteiger partial charge in [0.15, 0.2) is 6.23 Å². The minimum absolute atomic E-state index is 0.238. The Balaban J connectivity index is 2.50. The molecule has 0 radical (unpaired) electrons. The number of aliphatic hydroxyl groups is 3. The Morgan fingerprint density at radius 2 is 2.10 bits per heavy atom. The normalized spacial score (nSPS) is 29.9. The largest absolute Gasteiger partial charge is 0.394 e. The van der Waals surface area contributed by atoms with E-state index in [1.54, 1.807) is 4.08 Å². The number of hydrogen-bond donors (Lipinski definition) is 4. The van der Waals surface area contributed by atoms with Crippen molar-refractivity contribution in [3.63, 3.8) is 0 Å². The molecule has 1 aliphatic heterocycles. The predicted molar refractivity (Wildman–Crippen MR) is 90.3 cm³/mol. The van der Waals surface area contributed by atoms with Crippen molar-refractivity contribution in [1.82, 2.24) is 9.55 Å². The molecule has 0 bridgehead atoms. The van der Waals surface area contributed by atoms with Crippen molar-refractivity contribution in [2.24, 2.45) is 0 Å². The molecular formula is C11H12I2N2O6. The monoisotopic (exact) mass is 522 g/mol. The number of rotatable bonds is 3. The highest BCUT2D eigenvalue weighted by Crippen LogP contribution is 2.29. The molecule has 0 amide bonds. The number of hydrogen-bond acceptors (Lipinski definition) is 6. The summed E-state index contributed by atoms with van der Waals surface area (Å²) in [6.45, 7) is -0.495. The summed E-state index contributed by atoms with van der Waals surface area (Å²) in [5.41, 5.74) is -1.08. The summed E-state index contributed by atoms with van der Waals surface area (Å²) >= 11 is 3.89. The molecule has 0 aromatic carbocycles. The summed E-state index contributed by atoms with van der Waals surface area (Å²) in [5, 5.41) is 28.7. The van der Waals surface area contributed by atoms with Crippen molar-refractivity contribution in [3.8, 4) is 0 Å². The first-order valence-corrected chi connectivity index (χ1v) is 8.17. The van der Waals surface area contributed by atoms with Crippen molar-refractivity contribution in [2.45, 2.75) is 24.5 Å². The molecule has 1 aliphatic rings. The van der Waals surface area contributed by atoms with Crippen LogP contribution in [0.5, 0.6) is 0 Å². The average molecular weight is 522 g/mol. The fraction of sp³-hybridized carbons (Fsp3) is 0.455. The van der Waals surface area contributed by atoms with Gasteiger partial charge in [0, 0.05) is 9.78 Å². The summed E-state index contributed by atoms with van der Waals surface area (Å²) in [6, 6.07) is 0. The van der Waals surface area contributed by atoms with E-state index >= 15 is 0 Å². The van der Waals surface area contributed by atoms with E-state index in [1.165, 1.54) is 6.20 Å². The summed E-state index contributed by atoms with van der Waals surface area (Å²) in [5.74, 6) is 0. The minimum atomic E-state index is -1.39. The van der Waals surface area contributed by atoms with Crippen LogP contribution in [0.1, 0.15) is 11.8 Å². The van der Waals surface area contributed by atoms with Gasteiger partial charge in [-0.2, -0.15) is 0 Å². The fourth-order valence-electron chi connectivity index (χ4n) is 2.01. The lowest BCUT2D eigenvalue weighted by Gasteiger charge is -2.17. The van der Waals surface area contributed by atoms with Crippen LogP contribution in [0.15, 0.2) is 19.9 Å². The first-order valence-electron chi connectivity index (χ1n) is 5.85. The Morgan fingerprint density at radius 3 is 2.62 bits per heavy atom. The van der Waals surface area contributed by atoms with Gasteiger partial charge in [-0.3, -0.25) is 14.3 Å². The van der Waals surface area contributed by atoms with E-state index in [0.717, 1.165) is 4.57 Å². The zero-order chi connectivity index (χ0) is 15.7. The topological polar surface area (TPSA) is 125 Å². The molecule has 4 atom stereocenters. The lowest BCUT2D eigenvalue weighted by molar-refractivity contribution is -0.0550. The quantitative estimate of drug-likeness (QED) is 0.391. The molecular weight excluding hydrogens is 510 g/mol. The van der Waals surface area contributed by atoms with Crippen LogP contribution < -0.4 is 11.2 Å². The second-order valence-electron chi connectivity index (χ2n) is 4.40. The third kappa shape index (κ3) is 3.24. The Morgan fingerprint density at radius 1 is 1.43 bits per heavy atom. The van der Waals surface area contributed by atoms with Crippen molar-refractivity contribution >= 4 is 48.8 Å². The molecule has 1 saturated heterocycles. The number of H-pyrrole nitrogens is 1. The first-order chi connectivity index (χ1) is 9.90. The van der Waals surface area contributed by atoms with Crippen LogP contribution in [-0.2, 0) is 4.74 Å². The molecule has 1 aromatic heterocycles. The van der Waals surface area contributed by atoms with E-state index in [2.05, 4.69) is 4.98 Å². The number of halogens is 2. The molecule has 21 heavy (non-hydrogen) atoms. The highest BCUT2D eigenvalue weighted by atomic mass is 127. The Labute approximate surface area is 145 Å². The SMILES string of the molecule is O=c1[nH]c(=O)n([C@@H]2O[C@H](CO)[C@@H](O)[C@H]2O)cc1/C(I)=C\I. The third-order valence-electron chi connectivity index (χ3n) is 3.11. The maximum atomic E-state index is 11.9. The smallest absolute Gasteiger partial charge is 0.330 e. The number of nitrogens with one attached hydrogen (secondary N) is 1. The molecule has 1 fully saturated rings. The Kier molecular flexibility index (Phi) is 5.59. The molecule has 2 heterocycles. The number of aromatic nitrogens is 2. The van der Waals surface area contributed by atoms with Crippen LogP contribution in [0.4, 0.5) is 0 Å². The maximum Gasteiger partial charge on any atom is 0.330 e. The molecule has 0 aliphatic carbocycles. The van der Waals surface area contributed by atoms with Crippen LogP contribution in [-0.4, -0.2) is 49.8 Å². The van der Waals surface area contributed by atoms with E-state index in [0.29, 0.717) is 3.58 Å². The van der Waals surface area contributed by atoms with Crippen LogP contribution in [0.3, 0.4) is 0 Å². The highest BCUT2D eigenvalue weighted by Gasteiger charge is 2.43. The van der Waals surface area contributed by atoms with Gasteiger partial charge in [-0.1, -0.05) is 22.6 Å². The van der Waals surface area contributed by atoms with Crippen LogP contribution in [0, 0.1) is 0 Å². The summed E-state index contributed by atoms with van der Waals surface area (Å²) in [7, 11) is 0. The van der Waals surface area contributed by atoms with Gasteiger partial charge in [0.2, 0.25) is 0 Å². The summed E-state index contributed by atoms with van der Waals surface area (Å²) in [6.07, 6.45) is -3.62. The minimum Gasteiger partial charge on any atom is -0.394 e. The van der Waals surface area contributed by atoms with Gasteiger partial charge < -0.3 is 20.1 Å². The lowest BCUT2D eigenvalue weighted by atomic mass is 10.1. The number of aromatic amines is 1. The van der Waals surface area contributed by atoms with E-state index < -0.39 is 42.4 Å². The molecule has 0 spiro atoms. The molecule has 2 rings (SSSR count). The maximum absolute atomic E-state index is 11.9. The van der Waals surface area contributed by atoms with E-state index in [-0.39, 0.29) is 5.56 Å². The molecule has 10 heteroatoms. The van der Waals surface area contributed by atoms with Gasteiger partial charge in [0.1, 0.15) is 18.3 Å². The van der Waals surface area contributed by atoms with Gasteiger partial charge in [0.25, 0.3) is 5.56 Å². The second kappa shape index (κ2) is 6.87. The lowest BCUT2D eigenvalue weighted by Crippen LogP contribution is -2.38. The number of nitrogens with zero attached hydrogens (tertiary/aromatic N) is 1. The molecule has 8 nitrogen and oxygen atoms in total. The van der Waals surface area contributed by atoms with Gasteiger partial charge in [0.05, 0.1) is 12.2 Å². The standard InChI is InChI=1S/C11H12I2N2O6/c12-1-5(13)4-2-15(11(20)14-9(4)19)10-8(18)7(17)6(3-16)21-10/h1-2,6-8,10,16-18H,3H2,(H,14,19,20)/b5-1+/t6-,7-,8-,10-/m1/s1. The van der Waals surface area contributed by atoms with Crippen molar-refractivity contribution in [1.29, 1.82) is 0 Å². The molecule has 0 saturated carbocycles. The van der Waals surface area contributed by atoms with E-state index in [1.807, 2.05) is 45.2 Å². The van der Waals surface area contributed by atoms with Crippen LogP contribution in [0.25, 0.3) is 3.58 Å². The third-order valence-corrected chi connectivity index (χ3v) is 5.82. The molecule has 116 valence electrons. The highest BCUT2D eigenvalue weighted by molar-refractivity contribution is 14.1. The zero-order valence-corrected chi connectivity index (χ0v) is 14.8. The first kappa shape index (κ1) is 17.1.